The van der Waals surface area contributed by atoms with Crippen LogP contribution in [-0.4, -0.2) is 14.9 Å². The van der Waals surface area contributed by atoms with Crippen LogP contribution in [0.4, 0.5) is 0 Å². The zero-order valence-electron chi connectivity index (χ0n) is 10.1. The van der Waals surface area contributed by atoms with Gasteiger partial charge in [-0.05, 0) is 37.1 Å². The third kappa shape index (κ3) is 2.46. The van der Waals surface area contributed by atoms with Gasteiger partial charge in [0.25, 0.3) is 5.56 Å². The van der Waals surface area contributed by atoms with Gasteiger partial charge in [0.2, 0.25) is 0 Å². The van der Waals surface area contributed by atoms with E-state index in [1.54, 1.807) is 0 Å². The monoisotopic (exact) mass is 308 g/mol. The minimum atomic E-state index is -0.345. The summed E-state index contributed by atoms with van der Waals surface area (Å²) in [4.78, 5) is 11.9. The molecule has 2 rings (SSSR count). The molecule has 0 spiro atoms. The second-order valence-electron chi connectivity index (χ2n) is 4.21. The lowest BCUT2D eigenvalue weighted by molar-refractivity contribution is 0.460. The van der Waals surface area contributed by atoms with Gasteiger partial charge in [0, 0.05) is 6.07 Å². The molecule has 2 aromatic rings. The average molecular weight is 309 g/mol. The lowest BCUT2D eigenvalue weighted by atomic mass is 10.1. The summed E-state index contributed by atoms with van der Waals surface area (Å²) < 4.78 is 1.30. The van der Waals surface area contributed by atoms with Crippen molar-refractivity contribution in [1.29, 1.82) is 0 Å². The summed E-state index contributed by atoms with van der Waals surface area (Å²) in [6.07, 6.45) is 0. The van der Waals surface area contributed by atoms with Gasteiger partial charge >= 0.3 is 0 Å². The molecule has 0 aliphatic rings. The van der Waals surface area contributed by atoms with E-state index in [2.05, 4.69) is 21.0 Å². The number of benzene rings is 1. The highest BCUT2D eigenvalue weighted by molar-refractivity contribution is 9.08. The van der Waals surface area contributed by atoms with Crippen LogP contribution in [-0.2, 0) is 5.33 Å². The number of halogens is 1. The summed E-state index contributed by atoms with van der Waals surface area (Å²) in [6.45, 7) is 3.93. The van der Waals surface area contributed by atoms with E-state index in [1.807, 2.05) is 32.0 Å². The molecule has 0 bridgehead atoms. The summed E-state index contributed by atoms with van der Waals surface area (Å²) in [5, 5.41) is 14.1. The summed E-state index contributed by atoms with van der Waals surface area (Å²) in [5.41, 5.74) is 2.93. The predicted octanol–water partition coefficient (Wildman–Crippen LogP) is 2.45. The lowest BCUT2D eigenvalue weighted by Crippen LogP contribution is -2.21. The number of aryl methyl sites for hydroxylation is 2. The first-order chi connectivity index (χ1) is 8.51. The minimum Gasteiger partial charge on any atom is -0.506 e. The van der Waals surface area contributed by atoms with Crippen molar-refractivity contribution < 1.29 is 5.11 Å². The lowest BCUT2D eigenvalue weighted by Gasteiger charge is -2.09. The Bertz CT molecular complexity index is 630. The number of aromatic nitrogens is 2. The molecule has 0 aliphatic carbocycles. The molecule has 0 saturated carbocycles. The fourth-order valence-corrected chi connectivity index (χ4v) is 2.24. The van der Waals surface area contributed by atoms with Crippen molar-refractivity contribution in [1.82, 2.24) is 9.78 Å². The number of rotatable bonds is 2. The summed E-state index contributed by atoms with van der Waals surface area (Å²) >= 11 is 3.23. The van der Waals surface area contributed by atoms with E-state index >= 15 is 0 Å². The van der Waals surface area contributed by atoms with Crippen molar-refractivity contribution in [3.63, 3.8) is 0 Å². The molecule has 4 nitrogen and oxygen atoms in total. The third-order valence-electron chi connectivity index (χ3n) is 2.56. The van der Waals surface area contributed by atoms with Crippen molar-refractivity contribution in [2.24, 2.45) is 0 Å². The minimum absolute atomic E-state index is 0.0856. The van der Waals surface area contributed by atoms with Gasteiger partial charge in [0.05, 0.1) is 11.0 Å². The maximum atomic E-state index is 11.9. The standard InChI is InChI=1S/C13H13BrN2O2/c1-8-3-9(2)5-10(4-8)16-13(18)6-12(17)11(7-14)15-16/h3-6,17H,7H2,1-2H3. The van der Waals surface area contributed by atoms with Crippen LogP contribution in [0.15, 0.2) is 29.1 Å². The van der Waals surface area contributed by atoms with Crippen LogP contribution in [0.25, 0.3) is 5.69 Å². The fraction of sp³-hybridized carbons (Fsp3) is 0.231. The first-order valence-electron chi connectivity index (χ1n) is 5.48. The maximum absolute atomic E-state index is 11.9. The topological polar surface area (TPSA) is 55.1 Å². The average Bonchev–Trinajstić information content (AvgIpc) is 2.27. The van der Waals surface area contributed by atoms with Gasteiger partial charge in [-0.2, -0.15) is 9.78 Å². The second kappa shape index (κ2) is 4.94. The molecule has 94 valence electrons. The molecule has 0 amide bonds. The molecule has 18 heavy (non-hydrogen) atoms. The van der Waals surface area contributed by atoms with E-state index < -0.39 is 0 Å². The number of aromatic hydroxyl groups is 1. The normalized spacial score (nSPS) is 10.6. The zero-order chi connectivity index (χ0) is 13.3. The van der Waals surface area contributed by atoms with E-state index in [-0.39, 0.29) is 11.3 Å². The molecular formula is C13H13BrN2O2. The highest BCUT2D eigenvalue weighted by atomic mass is 79.9. The van der Waals surface area contributed by atoms with Crippen molar-refractivity contribution in [3.8, 4) is 11.4 Å². The van der Waals surface area contributed by atoms with E-state index in [0.717, 1.165) is 11.1 Å². The van der Waals surface area contributed by atoms with Crippen molar-refractivity contribution in [2.75, 3.05) is 0 Å². The molecule has 0 fully saturated rings. The Morgan fingerprint density at radius 1 is 1.22 bits per heavy atom. The van der Waals surface area contributed by atoms with Crippen LogP contribution in [0.1, 0.15) is 16.8 Å². The third-order valence-corrected chi connectivity index (χ3v) is 3.09. The fourth-order valence-electron chi connectivity index (χ4n) is 1.84. The van der Waals surface area contributed by atoms with E-state index in [1.165, 1.54) is 10.7 Å². The van der Waals surface area contributed by atoms with Crippen LogP contribution in [0.2, 0.25) is 0 Å². The van der Waals surface area contributed by atoms with Gasteiger partial charge in [0.15, 0.2) is 0 Å². The number of hydrogen-bond acceptors (Lipinski definition) is 3. The van der Waals surface area contributed by atoms with E-state index in [0.29, 0.717) is 16.7 Å². The Kier molecular flexibility index (Phi) is 3.52. The number of alkyl halides is 1. The van der Waals surface area contributed by atoms with Gasteiger partial charge in [-0.3, -0.25) is 4.79 Å². The second-order valence-corrected chi connectivity index (χ2v) is 4.77. The molecule has 5 heteroatoms. The molecule has 1 heterocycles. The van der Waals surface area contributed by atoms with Gasteiger partial charge in [-0.1, -0.05) is 22.0 Å². The zero-order valence-corrected chi connectivity index (χ0v) is 11.7. The van der Waals surface area contributed by atoms with Crippen molar-refractivity contribution >= 4 is 15.9 Å². The molecule has 1 N–H and O–H groups in total. The Labute approximate surface area is 113 Å². The summed E-state index contributed by atoms with van der Waals surface area (Å²) in [7, 11) is 0. The summed E-state index contributed by atoms with van der Waals surface area (Å²) in [5.74, 6) is -0.0856. The first-order valence-corrected chi connectivity index (χ1v) is 6.60. The highest BCUT2D eigenvalue weighted by Gasteiger charge is 2.08. The van der Waals surface area contributed by atoms with Gasteiger partial charge in [-0.15, -0.1) is 0 Å². The highest BCUT2D eigenvalue weighted by Crippen LogP contribution is 2.16. The Morgan fingerprint density at radius 3 is 2.39 bits per heavy atom. The quantitative estimate of drug-likeness (QED) is 0.867. The molecule has 0 saturated heterocycles. The van der Waals surface area contributed by atoms with Crippen molar-refractivity contribution in [3.05, 3.63) is 51.4 Å². The molecule has 0 aliphatic heterocycles. The molecule has 0 radical (unpaired) electrons. The van der Waals surface area contributed by atoms with E-state index in [9.17, 15) is 9.90 Å². The number of nitrogens with zero attached hydrogens (tertiary/aromatic N) is 2. The first kappa shape index (κ1) is 12.8. The van der Waals surface area contributed by atoms with Gasteiger partial charge in [-0.25, -0.2) is 0 Å². The Hall–Kier alpha value is -1.62. The van der Waals surface area contributed by atoms with Crippen LogP contribution in [0.3, 0.4) is 0 Å². The van der Waals surface area contributed by atoms with Gasteiger partial charge in [0.1, 0.15) is 11.4 Å². The summed E-state index contributed by atoms with van der Waals surface area (Å²) in [6, 6.07) is 6.98. The van der Waals surface area contributed by atoms with Crippen LogP contribution in [0, 0.1) is 13.8 Å². The SMILES string of the molecule is Cc1cc(C)cc(-n2nc(CBr)c(O)cc2=O)c1. The predicted molar refractivity (Wildman–Crippen MR) is 73.6 cm³/mol. The van der Waals surface area contributed by atoms with Crippen molar-refractivity contribution in [2.45, 2.75) is 19.2 Å². The van der Waals surface area contributed by atoms with Crippen LogP contribution < -0.4 is 5.56 Å². The molecule has 1 aromatic heterocycles. The Balaban J connectivity index is 2.67. The Morgan fingerprint density at radius 2 is 1.83 bits per heavy atom. The molecule has 1 aromatic carbocycles. The van der Waals surface area contributed by atoms with Crippen LogP contribution >= 0.6 is 15.9 Å². The molecule has 0 unspecified atom stereocenters. The largest absolute Gasteiger partial charge is 0.506 e. The van der Waals surface area contributed by atoms with Gasteiger partial charge < -0.3 is 5.11 Å². The smallest absolute Gasteiger partial charge is 0.275 e. The molecule has 0 atom stereocenters. The van der Waals surface area contributed by atoms with E-state index in [4.69, 9.17) is 0 Å². The number of hydrogen-bond donors (Lipinski definition) is 1. The maximum Gasteiger partial charge on any atom is 0.275 e. The van der Waals surface area contributed by atoms with Crippen LogP contribution in [0.5, 0.6) is 5.75 Å². The molecular weight excluding hydrogens is 296 g/mol.